The topological polar surface area (TPSA) is 79.7 Å². The number of hydrogen-bond acceptors (Lipinski definition) is 5. The van der Waals surface area contributed by atoms with Crippen LogP contribution in [0, 0.1) is 25.2 Å². The molecule has 3 aliphatic rings. The van der Waals surface area contributed by atoms with E-state index in [0.717, 1.165) is 60.8 Å². The van der Waals surface area contributed by atoms with Crippen LogP contribution in [0.4, 0.5) is 5.82 Å². The molecule has 2 fully saturated rings. The zero-order chi connectivity index (χ0) is 23.0. The van der Waals surface area contributed by atoms with Gasteiger partial charge in [-0.15, -0.1) is 0 Å². The van der Waals surface area contributed by atoms with Gasteiger partial charge in [0.2, 0.25) is 0 Å². The zero-order valence-corrected chi connectivity index (χ0v) is 20.0. The van der Waals surface area contributed by atoms with Gasteiger partial charge in [-0.25, -0.2) is 4.98 Å². The van der Waals surface area contributed by atoms with E-state index in [1.54, 1.807) is 6.20 Å². The minimum absolute atomic E-state index is 0.0338. The molecule has 1 saturated heterocycles. The van der Waals surface area contributed by atoms with Crippen LogP contribution in [0.2, 0.25) is 0 Å². The van der Waals surface area contributed by atoms with E-state index in [9.17, 15) is 4.79 Å². The van der Waals surface area contributed by atoms with Crippen molar-refractivity contribution in [3.63, 3.8) is 0 Å². The van der Waals surface area contributed by atoms with Crippen LogP contribution in [0.15, 0.2) is 24.5 Å². The van der Waals surface area contributed by atoms with Crippen LogP contribution in [-0.4, -0.2) is 43.8 Å². The maximum Gasteiger partial charge on any atom is 0.170 e. The number of nitrogens with one attached hydrogen (secondary N) is 1. The fourth-order valence-electron chi connectivity index (χ4n) is 6.00. The lowest BCUT2D eigenvalue weighted by molar-refractivity contribution is 0.0957. The van der Waals surface area contributed by atoms with Crippen molar-refractivity contribution in [3.8, 4) is 0 Å². The summed E-state index contributed by atoms with van der Waals surface area (Å²) in [5.41, 5.74) is 6.78. The van der Waals surface area contributed by atoms with Gasteiger partial charge in [0.15, 0.2) is 5.78 Å². The summed E-state index contributed by atoms with van der Waals surface area (Å²) in [6.45, 7) is 11.5. The van der Waals surface area contributed by atoms with Gasteiger partial charge < -0.3 is 4.90 Å². The van der Waals surface area contributed by atoms with Gasteiger partial charge in [-0.3, -0.25) is 14.6 Å². The normalized spacial score (nSPS) is 25.1. The zero-order valence-electron chi connectivity index (χ0n) is 20.0. The Bertz CT molecular complexity index is 1250. The average Bonchev–Trinajstić information content (AvgIpc) is 3.18. The van der Waals surface area contributed by atoms with E-state index < -0.39 is 0 Å². The Hall–Kier alpha value is -2.96. The average molecular weight is 445 g/mol. The van der Waals surface area contributed by atoms with Crippen molar-refractivity contribution < 1.29 is 4.79 Å². The number of carbonyl (C=O) groups is 1. The number of H-pyrrole nitrogens is 1. The molecule has 0 radical (unpaired) electrons. The lowest BCUT2D eigenvalue weighted by atomic mass is 9.93. The maximum absolute atomic E-state index is 13.3. The number of Topliss-reactive ketones (excluding diaryl/α,β-unsaturated/α-hetero) is 1. The molecule has 0 unspecified atom stereocenters. The molecule has 172 valence electrons. The summed E-state index contributed by atoms with van der Waals surface area (Å²) in [5, 5.41) is 12.2. The summed E-state index contributed by atoms with van der Waals surface area (Å²) in [6, 6.07) is 4.28. The molecule has 2 aliphatic carbocycles. The number of aromatic amines is 1. The highest BCUT2D eigenvalue weighted by Crippen LogP contribution is 2.62. The second kappa shape index (κ2) is 7.02. The van der Waals surface area contributed by atoms with Gasteiger partial charge in [0.05, 0.1) is 24.0 Å². The summed E-state index contributed by atoms with van der Waals surface area (Å²) in [5.74, 6) is 1.30. The number of fused-ring (bicyclic) bond motifs is 2. The first-order chi connectivity index (χ1) is 15.8. The third-order valence-electron chi connectivity index (χ3n) is 8.19. The number of aromatic nitrogens is 5. The minimum Gasteiger partial charge on any atom is -0.356 e. The number of aryl methyl sites for hydroxylation is 2. The fourth-order valence-corrected chi connectivity index (χ4v) is 6.00. The molecule has 3 aromatic rings. The quantitative estimate of drug-likeness (QED) is 0.602. The predicted octanol–water partition coefficient (Wildman–Crippen LogP) is 3.99. The third-order valence-corrected chi connectivity index (χ3v) is 8.19. The molecule has 0 amide bonds. The molecule has 3 aromatic heterocycles. The second-order valence-corrected chi connectivity index (χ2v) is 11.1. The molecule has 1 N–H and O–H groups in total. The van der Waals surface area contributed by atoms with Crippen molar-refractivity contribution in [1.29, 1.82) is 0 Å². The molecule has 7 heteroatoms. The first-order valence-corrected chi connectivity index (χ1v) is 12.1. The Kier molecular flexibility index (Phi) is 4.39. The molecule has 1 aliphatic heterocycles. The van der Waals surface area contributed by atoms with Crippen LogP contribution in [0.25, 0.3) is 0 Å². The molecule has 0 bridgehead atoms. The lowest BCUT2D eigenvalue weighted by Gasteiger charge is -2.21. The lowest BCUT2D eigenvalue weighted by Crippen LogP contribution is -2.24. The molecule has 1 saturated carbocycles. The van der Waals surface area contributed by atoms with E-state index in [1.807, 2.05) is 10.9 Å². The van der Waals surface area contributed by atoms with Crippen LogP contribution >= 0.6 is 0 Å². The number of ketones is 1. The van der Waals surface area contributed by atoms with E-state index in [4.69, 9.17) is 4.98 Å². The van der Waals surface area contributed by atoms with E-state index in [-0.39, 0.29) is 17.1 Å². The first-order valence-electron chi connectivity index (χ1n) is 12.1. The molecule has 4 heterocycles. The SMILES string of the molecule is Cc1nc(N2CCC(C)(C)C2)ccc1Cn1cc(C(=O)[C@H]2C[C@@]23CCc2c3n[nH]c2C)cn1. The summed E-state index contributed by atoms with van der Waals surface area (Å²) < 4.78 is 1.86. The van der Waals surface area contributed by atoms with Crippen LogP contribution in [0.5, 0.6) is 0 Å². The van der Waals surface area contributed by atoms with Crippen molar-refractivity contribution in [3.05, 3.63) is 58.3 Å². The summed E-state index contributed by atoms with van der Waals surface area (Å²) >= 11 is 0. The van der Waals surface area contributed by atoms with Gasteiger partial charge >= 0.3 is 0 Å². The number of nitrogens with zero attached hydrogens (tertiary/aromatic N) is 5. The van der Waals surface area contributed by atoms with Crippen molar-refractivity contribution in [1.82, 2.24) is 25.0 Å². The number of carbonyl (C=O) groups excluding carboxylic acids is 1. The van der Waals surface area contributed by atoms with Gasteiger partial charge in [0, 0.05) is 42.0 Å². The Morgan fingerprint density at radius 2 is 2.09 bits per heavy atom. The van der Waals surface area contributed by atoms with Gasteiger partial charge in [0.25, 0.3) is 0 Å². The monoisotopic (exact) mass is 444 g/mol. The second-order valence-electron chi connectivity index (χ2n) is 11.1. The Morgan fingerprint density at radius 1 is 1.24 bits per heavy atom. The van der Waals surface area contributed by atoms with Gasteiger partial charge in [-0.1, -0.05) is 19.9 Å². The molecule has 1 spiro atoms. The minimum atomic E-state index is -0.0419. The highest BCUT2D eigenvalue weighted by atomic mass is 16.1. The largest absolute Gasteiger partial charge is 0.356 e. The molecule has 33 heavy (non-hydrogen) atoms. The predicted molar refractivity (Wildman–Crippen MR) is 127 cm³/mol. The van der Waals surface area contributed by atoms with Crippen LogP contribution < -0.4 is 4.90 Å². The van der Waals surface area contributed by atoms with E-state index in [0.29, 0.717) is 17.5 Å². The summed E-state index contributed by atoms with van der Waals surface area (Å²) in [4.78, 5) is 20.5. The van der Waals surface area contributed by atoms with Crippen molar-refractivity contribution in [2.75, 3.05) is 18.0 Å². The van der Waals surface area contributed by atoms with Crippen LogP contribution in [-0.2, 0) is 18.4 Å². The molecular formula is C26H32N6O. The molecule has 6 rings (SSSR count). The molecule has 7 nitrogen and oxygen atoms in total. The van der Waals surface area contributed by atoms with Gasteiger partial charge in [-0.05, 0) is 62.1 Å². The fraction of sp³-hybridized carbons (Fsp3) is 0.538. The van der Waals surface area contributed by atoms with Crippen molar-refractivity contribution in [2.24, 2.45) is 11.3 Å². The van der Waals surface area contributed by atoms with E-state index in [2.05, 4.69) is 60.0 Å². The number of rotatable bonds is 5. The van der Waals surface area contributed by atoms with Crippen LogP contribution in [0.3, 0.4) is 0 Å². The summed E-state index contributed by atoms with van der Waals surface area (Å²) in [6.07, 6.45) is 7.79. The standard InChI is InChI=1S/C26H32N6O/c1-16-18(5-6-22(28-16)31-10-9-25(3,4)15-31)13-32-14-19(12-27-32)23(33)21-11-26(21)8-7-20-17(2)29-30-24(20)26/h5-6,12,14,21H,7-11,13,15H2,1-4H3,(H,29,30)/t21-,26+/m1/s1. The van der Waals surface area contributed by atoms with Crippen molar-refractivity contribution in [2.45, 2.75) is 65.3 Å². The highest BCUT2D eigenvalue weighted by molar-refractivity contribution is 6.01. The highest BCUT2D eigenvalue weighted by Gasteiger charge is 2.63. The van der Waals surface area contributed by atoms with Gasteiger partial charge in [-0.2, -0.15) is 10.2 Å². The number of anilines is 1. The van der Waals surface area contributed by atoms with E-state index in [1.165, 1.54) is 12.0 Å². The Morgan fingerprint density at radius 3 is 2.85 bits per heavy atom. The molecule has 0 aromatic carbocycles. The number of pyridine rings is 1. The first kappa shape index (κ1) is 20.6. The Labute approximate surface area is 194 Å². The van der Waals surface area contributed by atoms with E-state index >= 15 is 0 Å². The smallest absolute Gasteiger partial charge is 0.170 e. The Balaban J connectivity index is 1.15. The van der Waals surface area contributed by atoms with Crippen molar-refractivity contribution >= 4 is 11.6 Å². The number of hydrogen-bond donors (Lipinski definition) is 1. The third kappa shape index (κ3) is 3.31. The maximum atomic E-state index is 13.3. The molecular weight excluding hydrogens is 412 g/mol. The molecule has 2 atom stereocenters. The van der Waals surface area contributed by atoms with Crippen LogP contribution in [0.1, 0.15) is 71.7 Å². The summed E-state index contributed by atoms with van der Waals surface area (Å²) in [7, 11) is 0. The van der Waals surface area contributed by atoms with Gasteiger partial charge in [0.1, 0.15) is 5.82 Å².